The van der Waals surface area contributed by atoms with Gasteiger partial charge in [-0.1, -0.05) is 18.2 Å². The standard InChI is InChI=1S/C20H26N2O/c1-14(23)7-8-17-16-5-3-4-6-19(16)21(2)20(17)18-13-22-11-9-15(18)10-12-22/h3-6,15,18H,7-13H2,1-2H3. The molecule has 3 nitrogen and oxygen atoms in total. The lowest BCUT2D eigenvalue weighted by atomic mass is 9.76. The minimum Gasteiger partial charge on any atom is -0.347 e. The van der Waals surface area contributed by atoms with Crippen LogP contribution in [0.4, 0.5) is 0 Å². The van der Waals surface area contributed by atoms with Crippen molar-refractivity contribution in [3.8, 4) is 0 Å². The Labute approximate surface area is 138 Å². The number of carbonyl (C=O) groups excluding carboxylic acids is 1. The SMILES string of the molecule is CC(=O)CCc1c(C2CN3CCC2CC3)n(C)c2ccccc12. The molecule has 3 aliphatic heterocycles. The molecule has 0 N–H and O–H groups in total. The van der Waals surface area contributed by atoms with Crippen molar-refractivity contribution in [2.75, 3.05) is 19.6 Å². The summed E-state index contributed by atoms with van der Waals surface area (Å²) in [6.07, 6.45) is 4.20. The molecule has 4 heterocycles. The topological polar surface area (TPSA) is 25.2 Å². The van der Waals surface area contributed by atoms with E-state index in [-0.39, 0.29) is 5.78 Å². The third-order valence-corrected chi connectivity index (χ3v) is 6.00. The lowest BCUT2D eigenvalue weighted by Gasteiger charge is -2.45. The molecular formula is C20H26N2O. The Morgan fingerprint density at radius 1 is 1.22 bits per heavy atom. The van der Waals surface area contributed by atoms with Crippen molar-refractivity contribution in [3.63, 3.8) is 0 Å². The van der Waals surface area contributed by atoms with E-state index in [4.69, 9.17) is 0 Å². The van der Waals surface area contributed by atoms with Gasteiger partial charge in [-0.05, 0) is 56.8 Å². The lowest BCUT2D eigenvalue weighted by Crippen LogP contribution is -2.46. The van der Waals surface area contributed by atoms with Gasteiger partial charge in [0.05, 0.1) is 0 Å². The van der Waals surface area contributed by atoms with Gasteiger partial charge in [0.1, 0.15) is 5.78 Å². The molecule has 3 aliphatic rings. The molecule has 1 unspecified atom stereocenters. The number of nitrogens with zero attached hydrogens (tertiary/aromatic N) is 2. The number of fused-ring (bicyclic) bond motifs is 4. The van der Waals surface area contributed by atoms with Gasteiger partial charge < -0.3 is 14.3 Å². The zero-order chi connectivity index (χ0) is 16.0. The van der Waals surface area contributed by atoms with Crippen LogP contribution in [0, 0.1) is 5.92 Å². The molecule has 3 saturated heterocycles. The number of ketones is 1. The first-order valence-electron chi connectivity index (χ1n) is 8.93. The minimum absolute atomic E-state index is 0.290. The number of piperidine rings is 3. The first-order valence-corrected chi connectivity index (χ1v) is 8.93. The highest BCUT2D eigenvalue weighted by atomic mass is 16.1. The smallest absolute Gasteiger partial charge is 0.130 e. The Morgan fingerprint density at radius 2 is 1.96 bits per heavy atom. The van der Waals surface area contributed by atoms with Crippen molar-refractivity contribution < 1.29 is 4.79 Å². The molecule has 3 fully saturated rings. The summed E-state index contributed by atoms with van der Waals surface area (Å²) in [5, 5.41) is 1.35. The van der Waals surface area contributed by atoms with Gasteiger partial charge in [0.15, 0.2) is 0 Å². The molecule has 3 heteroatoms. The molecular weight excluding hydrogens is 284 g/mol. The monoisotopic (exact) mass is 310 g/mol. The summed E-state index contributed by atoms with van der Waals surface area (Å²) in [5.74, 6) is 1.74. The molecule has 0 radical (unpaired) electrons. The Kier molecular flexibility index (Phi) is 3.76. The highest BCUT2D eigenvalue weighted by Gasteiger charge is 2.37. The number of benzene rings is 1. The van der Waals surface area contributed by atoms with Crippen LogP contribution < -0.4 is 0 Å². The molecule has 5 rings (SSSR count). The number of rotatable bonds is 4. The minimum atomic E-state index is 0.290. The maximum Gasteiger partial charge on any atom is 0.130 e. The normalized spacial score (nSPS) is 26.8. The lowest BCUT2D eigenvalue weighted by molar-refractivity contribution is -0.116. The van der Waals surface area contributed by atoms with Crippen LogP contribution >= 0.6 is 0 Å². The van der Waals surface area contributed by atoms with E-state index in [9.17, 15) is 4.79 Å². The molecule has 1 aromatic heterocycles. The van der Waals surface area contributed by atoms with Crippen LogP contribution in [-0.2, 0) is 18.3 Å². The van der Waals surface area contributed by atoms with Gasteiger partial charge in [-0.25, -0.2) is 0 Å². The fourth-order valence-corrected chi connectivity index (χ4v) is 4.80. The van der Waals surface area contributed by atoms with Crippen LogP contribution in [0.3, 0.4) is 0 Å². The zero-order valence-corrected chi connectivity index (χ0v) is 14.2. The number of carbonyl (C=O) groups is 1. The fourth-order valence-electron chi connectivity index (χ4n) is 4.80. The van der Waals surface area contributed by atoms with Crippen molar-refractivity contribution >= 4 is 16.7 Å². The number of aromatic nitrogens is 1. The maximum atomic E-state index is 11.6. The van der Waals surface area contributed by atoms with Gasteiger partial charge in [0, 0.05) is 42.5 Å². The predicted octanol–water partition coefficient (Wildman–Crippen LogP) is 3.51. The summed E-state index contributed by atoms with van der Waals surface area (Å²) in [6, 6.07) is 8.70. The Morgan fingerprint density at radius 3 is 2.61 bits per heavy atom. The average molecular weight is 310 g/mol. The molecule has 0 spiro atoms. The molecule has 1 aromatic carbocycles. The molecule has 1 atom stereocenters. The van der Waals surface area contributed by atoms with E-state index in [0.717, 1.165) is 12.3 Å². The van der Waals surface area contributed by atoms with Crippen LogP contribution in [0.25, 0.3) is 10.9 Å². The third-order valence-electron chi connectivity index (χ3n) is 6.00. The van der Waals surface area contributed by atoms with Gasteiger partial charge in [0.25, 0.3) is 0 Å². The summed E-state index contributed by atoms with van der Waals surface area (Å²) in [6.45, 7) is 5.45. The first-order chi connectivity index (χ1) is 11.1. The molecule has 23 heavy (non-hydrogen) atoms. The Balaban J connectivity index is 1.82. The van der Waals surface area contributed by atoms with Crippen LogP contribution in [-0.4, -0.2) is 34.9 Å². The molecule has 2 bridgehead atoms. The second kappa shape index (κ2) is 5.79. The fraction of sp³-hybridized carbons (Fsp3) is 0.550. The van der Waals surface area contributed by atoms with Gasteiger partial charge in [-0.2, -0.15) is 0 Å². The molecule has 0 saturated carbocycles. The average Bonchev–Trinajstić information content (AvgIpc) is 2.86. The zero-order valence-electron chi connectivity index (χ0n) is 14.2. The number of Topliss-reactive ketones (excluding diaryl/α,β-unsaturated/α-hetero) is 1. The molecule has 2 aromatic rings. The number of aryl methyl sites for hydroxylation is 2. The summed E-state index contributed by atoms with van der Waals surface area (Å²) in [7, 11) is 2.21. The third kappa shape index (κ3) is 2.51. The quantitative estimate of drug-likeness (QED) is 0.863. The number of hydrogen-bond donors (Lipinski definition) is 0. The Hall–Kier alpha value is -1.61. The van der Waals surface area contributed by atoms with Crippen molar-refractivity contribution in [2.45, 2.75) is 38.5 Å². The van der Waals surface area contributed by atoms with E-state index in [1.165, 1.54) is 54.6 Å². The molecule has 0 amide bonds. The van der Waals surface area contributed by atoms with E-state index < -0.39 is 0 Å². The van der Waals surface area contributed by atoms with Crippen LogP contribution in [0.15, 0.2) is 24.3 Å². The molecule has 122 valence electrons. The second-order valence-electron chi connectivity index (χ2n) is 7.39. The summed E-state index contributed by atoms with van der Waals surface area (Å²) >= 11 is 0. The van der Waals surface area contributed by atoms with Crippen molar-refractivity contribution in [1.29, 1.82) is 0 Å². The van der Waals surface area contributed by atoms with Crippen LogP contribution in [0.5, 0.6) is 0 Å². The van der Waals surface area contributed by atoms with E-state index in [1.54, 1.807) is 6.92 Å². The van der Waals surface area contributed by atoms with E-state index in [1.807, 2.05) is 0 Å². The number of hydrogen-bond acceptors (Lipinski definition) is 2. The maximum absolute atomic E-state index is 11.6. The summed E-state index contributed by atoms with van der Waals surface area (Å²) in [4.78, 5) is 14.2. The van der Waals surface area contributed by atoms with Crippen molar-refractivity contribution in [1.82, 2.24) is 9.47 Å². The van der Waals surface area contributed by atoms with Gasteiger partial charge in [-0.3, -0.25) is 0 Å². The Bertz CT molecular complexity index is 737. The highest BCUT2D eigenvalue weighted by molar-refractivity contribution is 5.86. The van der Waals surface area contributed by atoms with Crippen molar-refractivity contribution in [3.05, 3.63) is 35.5 Å². The van der Waals surface area contributed by atoms with Gasteiger partial charge in [-0.15, -0.1) is 0 Å². The van der Waals surface area contributed by atoms with E-state index >= 15 is 0 Å². The van der Waals surface area contributed by atoms with Crippen molar-refractivity contribution in [2.24, 2.45) is 13.0 Å². The number of para-hydroxylation sites is 1. The van der Waals surface area contributed by atoms with Gasteiger partial charge in [0.2, 0.25) is 0 Å². The summed E-state index contributed by atoms with van der Waals surface area (Å²) in [5.41, 5.74) is 4.25. The van der Waals surface area contributed by atoms with E-state index in [2.05, 4.69) is 40.8 Å². The highest BCUT2D eigenvalue weighted by Crippen LogP contribution is 2.42. The summed E-state index contributed by atoms with van der Waals surface area (Å²) < 4.78 is 2.41. The first kappa shape index (κ1) is 14.9. The molecule has 0 aliphatic carbocycles. The second-order valence-corrected chi connectivity index (χ2v) is 7.39. The predicted molar refractivity (Wildman–Crippen MR) is 93.8 cm³/mol. The van der Waals surface area contributed by atoms with E-state index in [0.29, 0.717) is 12.3 Å². The van der Waals surface area contributed by atoms with Crippen LogP contribution in [0.1, 0.15) is 43.4 Å². The van der Waals surface area contributed by atoms with Crippen LogP contribution in [0.2, 0.25) is 0 Å². The van der Waals surface area contributed by atoms with Gasteiger partial charge >= 0.3 is 0 Å². The largest absolute Gasteiger partial charge is 0.347 e.